The Morgan fingerprint density at radius 3 is 2.22 bits per heavy atom. The fourth-order valence-electron chi connectivity index (χ4n) is 6.00. The summed E-state index contributed by atoms with van der Waals surface area (Å²) in [5, 5.41) is 26.2. The minimum Gasteiger partial charge on any atom is -0.508 e. The number of ether oxygens (including phenoxy) is 1. The van der Waals surface area contributed by atoms with Crippen LogP contribution >= 0.6 is 0 Å². The maximum atomic E-state index is 14.7. The fraction of sp³-hybridized carbons (Fsp3) is 0.595. The van der Waals surface area contributed by atoms with Gasteiger partial charge in [0, 0.05) is 19.0 Å². The summed E-state index contributed by atoms with van der Waals surface area (Å²) >= 11 is 0. The van der Waals surface area contributed by atoms with E-state index in [9.17, 15) is 24.6 Å². The van der Waals surface area contributed by atoms with Crippen molar-refractivity contribution in [3.8, 4) is 11.5 Å². The molecule has 1 fully saturated rings. The van der Waals surface area contributed by atoms with E-state index in [0.29, 0.717) is 24.1 Å². The van der Waals surface area contributed by atoms with Crippen LogP contribution in [0.2, 0.25) is 0 Å². The van der Waals surface area contributed by atoms with Gasteiger partial charge in [-0.2, -0.15) is 0 Å². The molecule has 254 valence electrons. The predicted molar refractivity (Wildman–Crippen MR) is 181 cm³/mol. The minimum absolute atomic E-state index is 0.0284. The van der Waals surface area contributed by atoms with E-state index in [2.05, 4.69) is 17.6 Å². The highest BCUT2D eigenvalue weighted by atomic mass is 16.6. The molecule has 1 aliphatic rings. The molecule has 0 aliphatic heterocycles. The zero-order chi connectivity index (χ0) is 33.7. The summed E-state index contributed by atoms with van der Waals surface area (Å²) in [5.41, 5.74) is 1.16. The minimum atomic E-state index is -1.04. The molecule has 0 spiro atoms. The van der Waals surface area contributed by atoms with Crippen molar-refractivity contribution in [2.75, 3.05) is 6.54 Å². The molecule has 0 heterocycles. The van der Waals surface area contributed by atoms with Crippen LogP contribution in [0.3, 0.4) is 0 Å². The first-order valence-electron chi connectivity index (χ1n) is 17.1. The van der Waals surface area contributed by atoms with E-state index < -0.39 is 29.7 Å². The third-order valence-corrected chi connectivity index (χ3v) is 8.45. The van der Waals surface area contributed by atoms with E-state index in [1.807, 2.05) is 0 Å². The van der Waals surface area contributed by atoms with Gasteiger partial charge in [0.15, 0.2) is 0 Å². The van der Waals surface area contributed by atoms with Gasteiger partial charge in [0.2, 0.25) is 11.8 Å². The number of phenols is 2. The number of carbonyl (C=O) groups is 3. The predicted octanol–water partition coefficient (Wildman–Crippen LogP) is 7.22. The second-order valence-corrected chi connectivity index (χ2v) is 13.7. The van der Waals surface area contributed by atoms with Gasteiger partial charge >= 0.3 is 6.09 Å². The van der Waals surface area contributed by atoms with Gasteiger partial charge in [0.05, 0.1) is 0 Å². The molecule has 0 bridgehead atoms. The van der Waals surface area contributed by atoms with E-state index in [1.165, 1.54) is 12.1 Å². The van der Waals surface area contributed by atoms with Gasteiger partial charge in [-0.15, -0.1) is 0 Å². The van der Waals surface area contributed by atoms with Crippen molar-refractivity contribution >= 4 is 17.9 Å². The zero-order valence-electron chi connectivity index (χ0n) is 28.4. The van der Waals surface area contributed by atoms with Gasteiger partial charge in [0.25, 0.3) is 0 Å². The van der Waals surface area contributed by atoms with Crippen molar-refractivity contribution in [1.29, 1.82) is 0 Å². The number of nitrogens with zero attached hydrogens (tertiary/aromatic N) is 1. The molecule has 0 radical (unpaired) electrons. The highest BCUT2D eigenvalue weighted by Gasteiger charge is 2.37. The average Bonchev–Trinajstić information content (AvgIpc) is 3.00. The van der Waals surface area contributed by atoms with E-state index in [4.69, 9.17) is 4.74 Å². The summed E-state index contributed by atoms with van der Waals surface area (Å²) < 4.78 is 5.55. The van der Waals surface area contributed by atoms with Crippen LogP contribution in [0.1, 0.15) is 121 Å². The second kappa shape index (κ2) is 17.8. The van der Waals surface area contributed by atoms with Gasteiger partial charge in [-0.1, -0.05) is 76.5 Å². The lowest BCUT2D eigenvalue weighted by molar-refractivity contribution is -0.143. The Labute approximate surface area is 275 Å². The Balaban J connectivity index is 2.03. The van der Waals surface area contributed by atoms with E-state index in [0.717, 1.165) is 69.8 Å². The monoisotopic (exact) mass is 637 g/mol. The van der Waals surface area contributed by atoms with Crippen LogP contribution in [-0.2, 0) is 20.7 Å². The summed E-state index contributed by atoms with van der Waals surface area (Å²) in [6.45, 7) is 9.52. The molecule has 0 aromatic heterocycles. The van der Waals surface area contributed by atoms with Crippen LogP contribution in [0, 0.1) is 6.92 Å². The molecule has 1 saturated carbocycles. The number of hydrogen-bond donors (Lipinski definition) is 4. The number of benzene rings is 2. The fourth-order valence-corrected chi connectivity index (χ4v) is 6.00. The van der Waals surface area contributed by atoms with Crippen LogP contribution in [0.15, 0.2) is 42.5 Å². The SMILES string of the molecule is CCCCCCCCN(C(=O)C(Cc1ccc(O)cc1)NC(=O)OC(C)(C)C)C(C(=O)NC1CCCCC1)c1ccc(O)c(C)c1. The quantitative estimate of drug-likeness (QED) is 0.153. The van der Waals surface area contributed by atoms with Gasteiger partial charge in [-0.05, 0) is 87.9 Å². The molecule has 2 unspecified atom stereocenters. The molecule has 2 aromatic rings. The standard InChI is InChI=1S/C37H55N3O6/c1-6-7-8-9-10-14-23-40(33(28-19-22-32(42)26(2)24-28)34(43)38-29-15-12-11-13-16-29)35(44)31(39-36(45)46-37(3,4)5)25-27-17-20-30(41)21-18-27/h17-22,24,29,31,33,41-42H,6-16,23,25H2,1-5H3,(H,38,43)(H,39,45). The molecular weight excluding hydrogens is 582 g/mol. The molecule has 9 heteroatoms. The summed E-state index contributed by atoms with van der Waals surface area (Å²) in [7, 11) is 0. The maximum Gasteiger partial charge on any atom is 0.408 e. The topological polar surface area (TPSA) is 128 Å². The maximum absolute atomic E-state index is 14.7. The van der Waals surface area contributed by atoms with Gasteiger partial charge in [-0.3, -0.25) is 9.59 Å². The number of unbranched alkanes of at least 4 members (excludes halogenated alkanes) is 5. The molecule has 3 amide bonds. The van der Waals surface area contributed by atoms with Gasteiger partial charge < -0.3 is 30.5 Å². The molecule has 0 saturated heterocycles. The van der Waals surface area contributed by atoms with Crippen LogP contribution in [0.25, 0.3) is 0 Å². The number of hydrogen-bond acceptors (Lipinski definition) is 6. The second-order valence-electron chi connectivity index (χ2n) is 13.7. The number of rotatable bonds is 15. The number of carbonyl (C=O) groups excluding carboxylic acids is 3. The molecule has 1 aliphatic carbocycles. The first-order valence-corrected chi connectivity index (χ1v) is 17.1. The van der Waals surface area contributed by atoms with E-state index in [-0.39, 0.29) is 29.9 Å². The molecule has 2 aromatic carbocycles. The molecule has 9 nitrogen and oxygen atoms in total. The van der Waals surface area contributed by atoms with E-state index >= 15 is 0 Å². The Bertz CT molecular complexity index is 1270. The lowest BCUT2D eigenvalue weighted by Crippen LogP contribution is -2.54. The number of aryl methyl sites for hydroxylation is 1. The molecule has 4 N–H and O–H groups in total. The highest BCUT2D eigenvalue weighted by Crippen LogP contribution is 2.29. The van der Waals surface area contributed by atoms with Crippen molar-refractivity contribution < 1.29 is 29.3 Å². The summed E-state index contributed by atoms with van der Waals surface area (Å²) in [4.78, 5) is 43.6. The highest BCUT2D eigenvalue weighted by molar-refractivity contribution is 5.92. The molecule has 46 heavy (non-hydrogen) atoms. The lowest BCUT2D eigenvalue weighted by atomic mass is 9.94. The van der Waals surface area contributed by atoms with Crippen LogP contribution in [0.4, 0.5) is 4.79 Å². The molecule has 2 atom stereocenters. The zero-order valence-corrected chi connectivity index (χ0v) is 28.4. The van der Waals surface area contributed by atoms with Gasteiger partial charge in [-0.25, -0.2) is 4.79 Å². The normalized spacial score (nSPS) is 15.1. The van der Waals surface area contributed by atoms with E-state index in [1.54, 1.807) is 62.9 Å². The Morgan fingerprint density at radius 1 is 0.935 bits per heavy atom. The number of amides is 3. The average molecular weight is 638 g/mol. The van der Waals surface area contributed by atoms with Crippen LogP contribution in [0.5, 0.6) is 11.5 Å². The summed E-state index contributed by atoms with van der Waals surface area (Å²) in [6.07, 6.45) is 10.4. The number of phenolic OH excluding ortho intramolecular Hbond substituents is 2. The van der Waals surface area contributed by atoms with Crippen molar-refractivity contribution in [1.82, 2.24) is 15.5 Å². The summed E-state index contributed by atoms with van der Waals surface area (Å²) in [5.74, 6) is -0.460. The lowest BCUT2D eigenvalue weighted by Gasteiger charge is -2.36. The van der Waals surface area contributed by atoms with Crippen LogP contribution in [-0.4, -0.2) is 57.3 Å². The van der Waals surface area contributed by atoms with Crippen LogP contribution < -0.4 is 10.6 Å². The Kier molecular flexibility index (Phi) is 14.2. The Hall–Kier alpha value is -3.75. The molecular formula is C37H55N3O6. The number of nitrogens with one attached hydrogen (secondary N) is 2. The Morgan fingerprint density at radius 2 is 1.59 bits per heavy atom. The van der Waals surface area contributed by atoms with Crippen molar-refractivity contribution in [2.24, 2.45) is 0 Å². The number of alkyl carbamates (subject to hydrolysis) is 1. The first-order chi connectivity index (χ1) is 21.9. The third-order valence-electron chi connectivity index (χ3n) is 8.45. The first kappa shape index (κ1) is 36.7. The van der Waals surface area contributed by atoms with Crippen molar-refractivity contribution in [3.05, 3.63) is 59.2 Å². The summed E-state index contributed by atoms with van der Waals surface area (Å²) in [6, 6.07) is 9.54. The molecule has 3 rings (SSSR count). The third kappa shape index (κ3) is 11.9. The smallest absolute Gasteiger partial charge is 0.408 e. The number of aromatic hydroxyl groups is 2. The van der Waals surface area contributed by atoms with Gasteiger partial charge in [0.1, 0.15) is 29.2 Å². The van der Waals surface area contributed by atoms with Crippen molar-refractivity contribution in [3.63, 3.8) is 0 Å². The largest absolute Gasteiger partial charge is 0.508 e. The van der Waals surface area contributed by atoms with Crippen molar-refractivity contribution in [2.45, 2.75) is 135 Å².